The molecule has 1 aliphatic rings. The van der Waals surface area contributed by atoms with Crippen LogP contribution in [0.15, 0.2) is 30.3 Å². The van der Waals surface area contributed by atoms with Crippen molar-refractivity contribution in [3.8, 4) is 0 Å². The first-order valence-electron chi connectivity index (χ1n) is 8.01. The predicted octanol–water partition coefficient (Wildman–Crippen LogP) is 1.15. The van der Waals surface area contributed by atoms with Crippen LogP contribution in [0.25, 0.3) is 0 Å². The van der Waals surface area contributed by atoms with Crippen molar-refractivity contribution in [3.05, 3.63) is 35.9 Å². The second-order valence-corrected chi connectivity index (χ2v) is 5.65. The number of carbonyl (C=O) groups excluding carboxylic acids is 2. The largest absolute Gasteiger partial charge is 0.347 e. The van der Waals surface area contributed by atoms with Crippen LogP contribution >= 0.6 is 0 Å². The van der Waals surface area contributed by atoms with Crippen molar-refractivity contribution in [1.29, 1.82) is 0 Å². The molecule has 5 nitrogen and oxygen atoms in total. The summed E-state index contributed by atoms with van der Waals surface area (Å²) in [6.07, 6.45) is 1.91. The van der Waals surface area contributed by atoms with Crippen LogP contribution in [-0.2, 0) is 16.1 Å². The van der Waals surface area contributed by atoms with Crippen molar-refractivity contribution < 1.29 is 9.59 Å². The maximum Gasteiger partial charge on any atom is 0.242 e. The van der Waals surface area contributed by atoms with E-state index in [9.17, 15) is 9.59 Å². The third-order valence-corrected chi connectivity index (χ3v) is 4.03. The summed E-state index contributed by atoms with van der Waals surface area (Å²) in [4.78, 5) is 26.1. The fourth-order valence-electron chi connectivity index (χ4n) is 2.67. The Kier molecular flexibility index (Phi) is 6.40. The van der Waals surface area contributed by atoms with Crippen LogP contribution in [0.1, 0.15) is 25.3 Å². The van der Waals surface area contributed by atoms with Gasteiger partial charge in [-0.2, -0.15) is 0 Å². The zero-order valence-corrected chi connectivity index (χ0v) is 13.2. The monoisotopic (exact) mass is 303 g/mol. The summed E-state index contributed by atoms with van der Waals surface area (Å²) >= 11 is 0. The number of carbonyl (C=O) groups is 2. The van der Waals surface area contributed by atoms with E-state index >= 15 is 0 Å². The lowest BCUT2D eigenvalue weighted by Crippen LogP contribution is -2.45. The molecule has 1 saturated heterocycles. The number of likely N-dealkylation sites (N-methyl/N-ethyl adjacent to an activating group) is 1. The average Bonchev–Trinajstić information content (AvgIpc) is 2.59. The molecule has 1 fully saturated rings. The molecule has 0 radical (unpaired) electrons. The lowest BCUT2D eigenvalue weighted by molar-refractivity contribution is -0.134. The van der Waals surface area contributed by atoms with E-state index in [0.717, 1.165) is 24.9 Å². The van der Waals surface area contributed by atoms with Gasteiger partial charge in [0.1, 0.15) is 0 Å². The molecule has 0 bridgehead atoms. The average molecular weight is 303 g/mol. The maximum absolute atomic E-state index is 12.3. The quantitative estimate of drug-likeness (QED) is 0.829. The Morgan fingerprint density at radius 2 is 2.09 bits per heavy atom. The summed E-state index contributed by atoms with van der Waals surface area (Å²) in [5, 5.41) is 6.00. The van der Waals surface area contributed by atoms with E-state index in [4.69, 9.17) is 0 Å². The highest BCUT2D eigenvalue weighted by molar-refractivity contribution is 5.86. The lowest BCUT2D eigenvalue weighted by atomic mass is 9.99. The van der Waals surface area contributed by atoms with Gasteiger partial charge in [-0.15, -0.1) is 0 Å². The van der Waals surface area contributed by atoms with Crippen molar-refractivity contribution in [2.75, 3.05) is 26.2 Å². The van der Waals surface area contributed by atoms with Crippen molar-refractivity contribution in [2.45, 2.75) is 26.3 Å². The van der Waals surface area contributed by atoms with Gasteiger partial charge in [0.25, 0.3) is 0 Å². The van der Waals surface area contributed by atoms with Crippen molar-refractivity contribution in [1.82, 2.24) is 15.5 Å². The van der Waals surface area contributed by atoms with Crippen LogP contribution in [0, 0.1) is 5.92 Å². The molecular formula is C17H25N3O2. The first-order chi connectivity index (χ1) is 10.7. The molecule has 0 aromatic heterocycles. The van der Waals surface area contributed by atoms with Crippen LogP contribution < -0.4 is 10.6 Å². The third-order valence-electron chi connectivity index (χ3n) is 4.03. The SMILES string of the molecule is CCN(Cc1ccccc1)C(=O)CNC(=O)C1CCCNC1. The molecule has 1 atom stereocenters. The Bertz CT molecular complexity index is 484. The van der Waals surface area contributed by atoms with Gasteiger partial charge in [-0.25, -0.2) is 0 Å². The zero-order chi connectivity index (χ0) is 15.8. The van der Waals surface area contributed by atoms with Crippen LogP contribution in [-0.4, -0.2) is 42.9 Å². The summed E-state index contributed by atoms with van der Waals surface area (Å²) < 4.78 is 0. The van der Waals surface area contributed by atoms with Gasteiger partial charge in [0.2, 0.25) is 11.8 Å². The summed E-state index contributed by atoms with van der Waals surface area (Å²) in [5.74, 6) is -0.0643. The molecule has 1 heterocycles. The van der Waals surface area contributed by atoms with Crippen molar-refractivity contribution in [3.63, 3.8) is 0 Å². The minimum Gasteiger partial charge on any atom is -0.347 e. The molecule has 0 aliphatic carbocycles. The van der Waals surface area contributed by atoms with Gasteiger partial charge in [0.05, 0.1) is 12.5 Å². The topological polar surface area (TPSA) is 61.4 Å². The Morgan fingerprint density at radius 1 is 1.32 bits per heavy atom. The van der Waals surface area contributed by atoms with Crippen LogP contribution in [0.5, 0.6) is 0 Å². The standard InChI is InChI=1S/C17H25N3O2/c1-2-20(13-14-7-4-3-5-8-14)16(21)12-19-17(22)15-9-6-10-18-11-15/h3-5,7-8,15,18H,2,6,9-13H2,1H3,(H,19,22). The fourth-order valence-corrected chi connectivity index (χ4v) is 2.67. The summed E-state index contributed by atoms with van der Waals surface area (Å²) in [5.41, 5.74) is 1.10. The molecule has 120 valence electrons. The van der Waals surface area contributed by atoms with Crippen LogP contribution in [0.4, 0.5) is 0 Å². The van der Waals surface area contributed by atoms with Gasteiger partial charge in [0, 0.05) is 19.6 Å². The Balaban J connectivity index is 1.80. The Hall–Kier alpha value is -1.88. The number of nitrogens with zero attached hydrogens (tertiary/aromatic N) is 1. The number of nitrogens with one attached hydrogen (secondary N) is 2. The smallest absolute Gasteiger partial charge is 0.242 e. The van der Waals surface area contributed by atoms with E-state index < -0.39 is 0 Å². The number of benzene rings is 1. The second kappa shape index (κ2) is 8.54. The molecule has 22 heavy (non-hydrogen) atoms. The highest BCUT2D eigenvalue weighted by Gasteiger charge is 2.22. The minimum atomic E-state index is -0.0385. The molecule has 1 aliphatic heterocycles. The molecule has 1 aromatic rings. The number of amides is 2. The maximum atomic E-state index is 12.3. The summed E-state index contributed by atoms with van der Waals surface area (Å²) in [6, 6.07) is 9.89. The third kappa shape index (κ3) is 4.84. The van der Waals surface area contributed by atoms with E-state index in [2.05, 4.69) is 10.6 Å². The van der Waals surface area contributed by atoms with Crippen molar-refractivity contribution in [2.24, 2.45) is 5.92 Å². The summed E-state index contributed by atoms with van der Waals surface area (Å²) in [7, 11) is 0. The molecule has 0 spiro atoms. The molecule has 2 amide bonds. The number of hydrogen-bond donors (Lipinski definition) is 2. The molecule has 5 heteroatoms. The normalized spacial score (nSPS) is 17.8. The van der Waals surface area contributed by atoms with E-state index in [0.29, 0.717) is 19.6 Å². The van der Waals surface area contributed by atoms with E-state index in [1.54, 1.807) is 4.90 Å². The first-order valence-corrected chi connectivity index (χ1v) is 8.01. The zero-order valence-electron chi connectivity index (χ0n) is 13.2. The minimum absolute atomic E-state index is 0.00856. The van der Waals surface area contributed by atoms with Gasteiger partial charge in [0.15, 0.2) is 0 Å². The Labute approximate surface area is 132 Å². The number of hydrogen-bond acceptors (Lipinski definition) is 3. The molecule has 1 aromatic carbocycles. The predicted molar refractivity (Wildman–Crippen MR) is 86.1 cm³/mol. The summed E-state index contributed by atoms with van der Waals surface area (Å²) in [6.45, 7) is 4.93. The highest BCUT2D eigenvalue weighted by Crippen LogP contribution is 2.09. The van der Waals surface area contributed by atoms with Gasteiger partial charge < -0.3 is 15.5 Å². The van der Waals surface area contributed by atoms with Gasteiger partial charge in [-0.3, -0.25) is 9.59 Å². The molecule has 2 rings (SSSR count). The van der Waals surface area contributed by atoms with Crippen LogP contribution in [0.3, 0.4) is 0 Å². The first kappa shape index (κ1) is 16.5. The lowest BCUT2D eigenvalue weighted by Gasteiger charge is -2.24. The van der Waals surface area contributed by atoms with E-state index in [-0.39, 0.29) is 24.3 Å². The van der Waals surface area contributed by atoms with Gasteiger partial charge in [-0.05, 0) is 31.9 Å². The number of piperidine rings is 1. The van der Waals surface area contributed by atoms with E-state index in [1.165, 1.54) is 0 Å². The van der Waals surface area contributed by atoms with Crippen molar-refractivity contribution >= 4 is 11.8 Å². The molecule has 2 N–H and O–H groups in total. The molecule has 1 unspecified atom stereocenters. The van der Waals surface area contributed by atoms with Gasteiger partial charge >= 0.3 is 0 Å². The van der Waals surface area contributed by atoms with Crippen LogP contribution in [0.2, 0.25) is 0 Å². The fraction of sp³-hybridized carbons (Fsp3) is 0.529. The van der Waals surface area contributed by atoms with E-state index in [1.807, 2.05) is 37.3 Å². The van der Waals surface area contributed by atoms with Gasteiger partial charge in [-0.1, -0.05) is 30.3 Å². The molecular weight excluding hydrogens is 278 g/mol. The second-order valence-electron chi connectivity index (χ2n) is 5.65. The number of rotatable bonds is 6. The highest BCUT2D eigenvalue weighted by atomic mass is 16.2. The Morgan fingerprint density at radius 3 is 2.73 bits per heavy atom. The molecule has 0 saturated carbocycles.